The highest BCUT2D eigenvalue weighted by atomic mass is 32.1. The molecular formula is C55H87N15O19S. The number of rotatable bonds is 39. The van der Waals surface area contributed by atoms with Gasteiger partial charge in [0, 0.05) is 38.1 Å². The van der Waals surface area contributed by atoms with Crippen LogP contribution in [0.1, 0.15) is 105 Å². The Labute approximate surface area is 524 Å². The van der Waals surface area contributed by atoms with E-state index >= 15 is 0 Å². The number of nitrogens with one attached hydrogen (secondary N) is 10. The van der Waals surface area contributed by atoms with Crippen molar-refractivity contribution in [3.8, 4) is 5.75 Å². The number of aliphatic carboxylic acids is 3. The van der Waals surface area contributed by atoms with Crippen LogP contribution in [0.15, 0.2) is 29.3 Å². The molecule has 502 valence electrons. The van der Waals surface area contributed by atoms with Gasteiger partial charge in [0.15, 0.2) is 5.96 Å². The number of nitrogens with two attached hydrogens (primary N) is 3. The van der Waals surface area contributed by atoms with Crippen LogP contribution in [0.2, 0.25) is 0 Å². The van der Waals surface area contributed by atoms with E-state index in [0.29, 0.717) is 12.0 Å². The topological polar surface area (TPSA) is 554 Å². The molecule has 1 saturated heterocycles. The number of aromatic hydroxyl groups is 1. The summed E-state index contributed by atoms with van der Waals surface area (Å²) < 4.78 is 0. The van der Waals surface area contributed by atoms with E-state index < -0.39 is 188 Å². The maximum Gasteiger partial charge on any atom is 0.326 e. The van der Waals surface area contributed by atoms with Gasteiger partial charge in [-0.05, 0) is 88.3 Å². The standard InChI is InChI=1S/C55H87N15O19S/c1-26(2)21-32(56)46(80)64-33(15-17-41(75)76)47(81)60-23-39(73)63-34(16-18-42(77)78)49(83)62-28(5)45(79)67-37(25-90)48(82)61-24-40(74)68-43(27(3)4)52(86)66-36(22-30-11-13-31(72)14-12-30)50(84)69-44(29(6)71)53(87)70-20-8-10-38(70)51(85)65-35(54(88)89)9-7-19-59-55(57)58/h11-14,26-29,32-38,43-44,71-72,90H,7-10,15-25,56H2,1-6H3,(H,60,81)(H,61,82)(H,62,83)(H,63,73)(H,64,80)(H,65,85)(H,66,86)(H,67,79)(H,68,74)(H,69,84)(H,75,76)(H,77,78)(H,88,89)(H4,57,58,59)/t28-,29+,32-,33-,34-,35-,36-,37-,38-,43-,44-/m0/s1. The fourth-order valence-corrected chi connectivity index (χ4v) is 9.17. The Morgan fingerprint density at radius 3 is 1.68 bits per heavy atom. The normalized spacial score (nSPS) is 16.1. The quantitative estimate of drug-likeness (QED) is 0.0126. The molecule has 1 aromatic rings. The number of carboxylic acids is 3. The third-order valence-corrected chi connectivity index (χ3v) is 14.1. The molecular weight excluding hydrogens is 1210 g/mol. The fourth-order valence-electron chi connectivity index (χ4n) is 8.91. The molecule has 0 saturated carbocycles. The number of hydrogen-bond acceptors (Lipinski definition) is 19. The van der Waals surface area contributed by atoms with Crippen molar-refractivity contribution in [2.75, 3.05) is 31.9 Å². The van der Waals surface area contributed by atoms with Crippen molar-refractivity contribution in [1.29, 1.82) is 0 Å². The molecule has 0 radical (unpaired) electrons. The van der Waals surface area contributed by atoms with E-state index in [1.807, 2.05) is 0 Å². The van der Waals surface area contributed by atoms with E-state index in [1.165, 1.54) is 38.1 Å². The van der Waals surface area contributed by atoms with Gasteiger partial charge in [-0.2, -0.15) is 12.6 Å². The minimum absolute atomic E-state index is 0.00405. The summed E-state index contributed by atoms with van der Waals surface area (Å²) in [7, 11) is 0. The number of hydrogen-bond donors (Lipinski definition) is 19. The van der Waals surface area contributed by atoms with Gasteiger partial charge in [-0.25, -0.2) is 4.79 Å². The van der Waals surface area contributed by atoms with Crippen LogP contribution in [0.5, 0.6) is 5.75 Å². The first-order valence-corrected chi connectivity index (χ1v) is 29.6. The number of phenolic OH excluding ortho intramolecular Hbond substituents is 1. The number of aliphatic hydroxyl groups is 1. The number of nitrogens with zero attached hydrogens (tertiary/aromatic N) is 2. The van der Waals surface area contributed by atoms with Crippen LogP contribution in [-0.4, -0.2) is 218 Å². The van der Waals surface area contributed by atoms with E-state index in [2.05, 4.69) is 70.8 Å². The number of aliphatic hydroxyl groups excluding tert-OH is 1. The SMILES string of the molecule is CC(C)C[C@H](N)C(=O)N[C@@H](CCC(=O)O)C(=O)NCC(=O)N[C@@H](CCC(=O)O)C(=O)N[C@@H](C)C(=O)N[C@@H](CS)C(=O)NCC(=O)N[C@H](C(=O)N[C@@H](Cc1ccc(O)cc1)C(=O)N[C@H](C(=O)N1CCC[C@H]1C(=O)N[C@@H](CCCN=C(N)N)C(=O)O)[C@@H](C)O)C(C)C. The Morgan fingerprint density at radius 2 is 1.16 bits per heavy atom. The molecule has 1 aromatic carbocycles. The van der Waals surface area contributed by atoms with Crippen molar-refractivity contribution >= 4 is 101 Å². The highest BCUT2D eigenvalue weighted by Gasteiger charge is 2.42. The van der Waals surface area contributed by atoms with Crippen molar-refractivity contribution in [2.24, 2.45) is 34.0 Å². The Morgan fingerprint density at radius 1 is 0.622 bits per heavy atom. The van der Waals surface area contributed by atoms with Crippen molar-refractivity contribution in [2.45, 2.75) is 172 Å². The lowest BCUT2D eigenvalue weighted by atomic mass is 10.00. The van der Waals surface area contributed by atoms with Crippen molar-refractivity contribution in [3.63, 3.8) is 0 Å². The summed E-state index contributed by atoms with van der Waals surface area (Å²) in [5.74, 6) is -15.7. The number of carboxylic acid groups (broad SMARTS) is 3. The monoisotopic (exact) mass is 1290 g/mol. The number of benzene rings is 1. The van der Waals surface area contributed by atoms with Crippen LogP contribution in [-0.2, 0) is 73.5 Å². The van der Waals surface area contributed by atoms with Gasteiger partial charge in [0.2, 0.25) is 65.0 Å². The highest BCUT2D eigenvalue weighted by molar-refractivity contribution is 7.80. The van der Waals surface area contributed by atoms with Gasteiger partial charge >= 0.3 is 17.9 Å². The summed E-state index contributed by atoms with van der Waals surface area (Å²) in [5.41, 5.74) is 17.0. The molecule has 0 unspecified atom stereocenters. The molecule has 21 N–H and O–H groups in total. The number of carbonyl (C=O) groups excluding carboxylic acids is 11. The lowest BCUT2D eigenvalue weighted by molar-refractivity contribution is -0.146. The number of thiol groups is 1. The summed E-state index contributed by atoms with van der Waals surface area (Å²) in [6.07, 6.45) is -3.17. The van der Waals surface area contributed by atoms with Crippen LogP contribution >= 0.6 is 12.6 Å². The zero-order chi connectivity index (χ0) is 68.1. The molecule has 34 nitrogen and oxygen atoms in total. The summed E-state index contributed by atoms with van der Waals surface area (Å²) in [5, 5.41) is 72.8. The van der Waals surface area contributed by atoms with Crippen LogP contribution in [0, 0.1) is 11.8 Å². The second-order valence-electron chi connectivity index (χ2n) is 22.2. The number of amides is 11. The van der Waals surface area contributed by atoms with Crippen LogP contribution < -0.4 is 70.4 Å². The van der Waals surface area contributed by atoms with E-state index in [1.54, 1.807) is 27.7 Å². The van der Waals surface area contributed by atoms with Crippen molar-refractivity contribution in [3.05, 3.63) is 29.8 Å². The van der Waals surface area contributed by atoms with Crippen LogP contribution in [0.4, 0.5) is 0 Å². The summed E-state index contributed by atoms with van der Waals surface area (Å²) >= 11 is 4.12. The van der Waals surface area contributed by atoms with Gasteiger partial charge < -0.3 is 101 Å². The Hall–Kier alpha value is -8.86. The Bertz CT molecular complexity index is 2730. The first-order valence-electron chi connectivity index (χ1n) is 29.0. The zero-order valence-corrected chi connectivity index (χ0v) is 51.8. The maximum absolute atomic E-state index is 14.2. The molecule has 1 heterocycles. The van der Waals surface area contributed by atoms with Crippen molar-refractivity contribution < 1.29 is 92.7 Å². The van der Waals surface area contributed by atoms with Gasteiger partial charge in [0.05, 0.1) is 25.2 Å². The van der Waals surface area contributed by atoms with E-state index in [9.17, 15) is 92.7 Å². The predicted molar refractivity (Wildman–Crippen MR) is 323 cm³/mol. The zero-order valence-electron chi connectivity index (χ0n) is 50.9. The number of carbonyl (C=O) groups is 14. The fraction of sp³-hybridized carbons (Fsp3) is 0.618. The Kier molecular flexibility index (Phi) is 33.1. The lowest BCUT2D eigenvalue weighted by Crippen LogP contribution is -2.62. The van der Waals surface area contributed by atoms with E-state index in [-0.39, 0.29) is 75.0 Å². The molecule has 0 aliphatic carbocycles. The summed E-state index contributed by atoms with van der Waals surface area (Å²) in [6.45, 7) is 7.53. The van der Waals surface area contributed by atoms with Crippen LogP contribution in [0.3, 0.4) is 0 Å². The largest absolute Gasteiger partial charge is 0.508 e. The molecule has 90 heavy (non-hydrogen) atoms. The van der Waals surface area contributed by atoms with Crippen LogP contribution in [0.25, 0.3) is 0 Å². The average molecular weight is 1290 g/mol. The third-order valence-electron chi connectivity index (χ3n) is 13.8. The molecule has 2 rings (SSSR count). The molecule has 1 aliphatic rings. The average Bonchev–Trinajstić information content (AvgIpc) is 2.21. The lowest BCUT2D eigenvalue weighted by Gasteiger charge is -2.32. The van der Waals surface area contributed by atoms with Gasteiger partial charge in [-0.3, -0.25) is 67.3 Å². The maximum atomic E-state index is 14.2. The number of phenols is 1. The van der Waals surface area contributed by atoms with Gasteiger partial charge in [-0.1, -0.05) is 39.8 Å². The number of aliphatic imine (C=N–C) groups is 1. The van der Waals surface area contributed by atoms with Gasteiger partial charge in [0.1, 0.15) is 60.1 Å². The highest BCUT2D eigenvalue weighted by Crippen LogP contribution is 2.21. The predicted octanol–water partition coefficient (Wildman–Crippen LogP) is -5.74. The molecule has 0 spiro atoms. The molecule has 1 fully saturated rings. The third kappa shape index (κ3) is 27.7. The molecule has 11 atom stereocenters. The molecule has 0 bridgehead atoms. The van der Waals surface area contributed by atoms with E-state index in [4.69, 9.17) is 17.2 Å². The second-order valence-corrected chi connectivity index (χ2v) is 22.5. The Balaban J connectivity index is 2.17. The molecule has 35 heteroatoms. The summed E-state index contributed by atoms with van der Waals surface area (Å²) in [6, 6.07) is -8.72. The van der Waals surface area contributed by atoms with Crippen molar-refractivity contribution in [1.82, 2.24) is 58.1 Å². The van der Waals surface area contributed by atoms with Gasteiger partial charge in [-0.15, -0.1) is 0 Å². The van der Waals surface area contributed by atoms with E-state index in [0.717, 1.165) is 4.90 Å². The minimum atomic E-state index is -1.71. The molecule has 0 aromatic heterocycles. The van der Waals surface area contributed by atoms with Gasteiger partial charge in [0.25, 0.3) is 0 Å². The first-order chi connectivity index (χ1) is 42.1. The molecule has 11 amide bonds. The smallest absolute Gasteiger partial charge is 0.326 e. The first kappa shape index (κ1) is 77.2. The summed E-state index contributed by atoms with van der Waals surface area (Å²) in [4.78, 5) is 188. The minimum Gasteiger partial charge on any atom is -0.508 e. The number of guanidine groups is 1. The number of likely N-dealkylation sites (tertiary alicyclic amines) is 1. The second kappa shape index (κ2) is 38.5. The molecule has 1 aliphatic heterocycles.